The Balaban J connectivity index is 2.07. The van der Waals surface area contributed by atoms with Crippen molar-refractivity contribution < 1.29 is 9.47 Å². The second kappa shape index (κ2) is 7.07. The molecule has 0 saturated heterocycles. The maximum absolute atomic E-state index is 5.94. The molecule has 0 bridgehead atoms. The molecule has 0 aliphatic carbocycles. The van der Waals surface area contributed by atoms with Crippen LogP contribution in [0.2, 0.25) is 5.02 Å². The van der Waals surface area contributed by atoms with Crippen LogP contribution in [0.5, 0.6) is 11.5 Å². The Morgan fingerprint density at radius 2 is 1.88 bits per heavy atom. The van der Waals surface area contributed by atoms with Gasteiger partial charge in [0.25, 0.3) is 0 Å². The first-order valence-electron chi connectivity index (χ1n) is 7.25. The van der Waals surface area contributed by atoms with Gasteiger partial charge < -0.3 is 9.47 Å². The molecule has 0 spiro atoms. The van der Waals surface area contributed by atoms with E-state index in [1.54, 1.807) is 14.2 Å². The minimum Gasteiger partial charge on any atom is -0.497 e. The van der Waals surface area contributed by atoms with E-state index in [-0.39, 0.29) is 0 Å². The van der Waals surface area contributed by atoms with Gasteiger partial charge in [-0.2, -0.15) is 5.10 Å². The third-order valence-electron chi connectivity index (χ3n) is 3.64. The van der Waals surface area contributed by atoms with E-state index in [9.17, 15) is 0 Å². The van der Waals surface area contributed by atoms with E-state index in [2.05, 4.69) is 10.2 Å². The Morgan fingerprint density at radius 1 is 1.12 bits per heavy atom. The summed E-state index contributed by atoms with van der Waals surface area (Å²) < 4.78 is 13.1. The normalized spacial score (nSPS) is 10.6. The van der Waals surface area contributed by atoms with Crippen LogP contribution in [0.15, 0.2) is 42.5 Å². The molecule has 0 amide bonds. The number of aromatic nitrogens is 3. The molecule has 3 aromatic rings. The fourth-order valence-electron chi connectivity index (χ4n) is 2.45. The molecular formula is C17H16ClN3O2S. The minimum absolute atomic E-state index is 0.491. The number of aromatic amines is 1. The lowest BCUT2D eigenvalue weighted by Gasteiger charge is -2.13. The van der Waals surface area contributed by atoms with Crippen LogP contribution in [-0.2, 0) is 6.42 Å². The van der Waals surface area contributed by atoms with Crippen molar-refractivity contribution in [3.8, 4) is 17.2 Å². The second-order valence-corrected chi connectivity index (χ2v) is 5.94. The van der Waals surface area contributed by atoms with Gasteiger partial charge in [0.05, 0.1) is 19.9 Å². The molecule has 0 aliphatic heterocycles. The third-order valence-corrected chi connectivity index (χ3v) is 4.17. The molecule has 3 rings (SSSR count). The van der Waals surface area contributed by atoms with Crippen LogP contribution in [0, 0.1) is 4.77 Å². The van der Waals surface area contributed by atoms with Crippen LogP contribution in [-0.4, -0.2) is 29.0 Å². The summed E-state index contributed by atoms with van der Waals surface area (Å²) in [4.78, 5) is 0. The highest BCUT2D eigenvalue weighted by Gasteiger charge is 2.14. The van der Waals surface area contributed by atoms with E-state index in [0.717, 1.165) is 17.1 Å². The van der Waals surface area contributed by atoms with Gasteiger partial charge in [0.15, 0.2) is 4.77 Å². The summed E-state index contributed by atoms with van der Waals surface area (Å²) in [6.07, 6.45) is 0.602. The van der Waals surface area contributed by atoms with Crippen molar-refractivity contribution in [2.24, 2.45) is 0 Å². The molecule has 1 N–H and O–H groups in total. The van der Waals surface area contributed by atoms with E-state index in [4.69, 9.17) is 33.3 Å². The molecule has 0 fully saturated rings. The molecule has 0 radical (unpaired) electrons. The first kappa shape index (κ1) is 16.5. The van der Waals surface area contributed by atoms with Gasteiger partial charge in [-0.3, -0.25) is 9.67 Å². The molecule has 7 heteroatoms. The summed E-state index contributed by atoms with van der Waals surface area (Å²) >= 11 is 11.4. The van der Waals surface area contributed by atoms with E-state index < -0.39 is 0 Å². The number of hydrogen-bond acceptors (Lipinski definition) is 4. The van der Waals surface area contributed by atoms with E-state index >= 15 is 0 Å². The van der Waals surface area contributed by atoms with Gasteiger partial charge >= 0.3 is 0 Å². The number of nitrogens with zero attached hydrogens (tertiary/aromatic N) is 2. The van der Waals surface area contributed by atoms with E-state index in [0.29, 0.717) is 27.7 Å². The van der Waals surface area contributed by atoms with Crippen LogP contribution in [0.4, 0.5) is 0 Å². The van der Waals surface area contributed by atoms with Crippen LogP contribution in [0.1, 0.15) is 11.4 Å². The summed E-state index contributed by atoms with van der Waals surface area (Å²) in [6.45, 7) is 0. The smallest absolute Gasteiger partial charge is 0.200 e. The number of nitrogens with one attached hydrogen (secondary N) is 1. The monoisotopic (exact) mass is 361 g/mol. The molecule has 2 aromatic carbocycles. The molecular weight excluding hydrogens is 346 g/mol. The Labute approximate surface area is 149 Å². The molecule has 0 aliphatic rings. The highest BCUT2D eigenvalue weighted by atomic mass is 35.5. The van der Waals surface area contributed by atoms with Gasteiger partial charge in [0, 0.05) is 17.5 Å². The molecule has 124 valence electrons. The molecule has 0 unspecified atom stereocenters. The highest BCUT2D eigenvalue weighted by molar-refractivity contribution is 7.71. The molecule has 5 nitrogen and oxygen atoms in total. The van der Waals surface area contributed by atoms with Gasteiger partial charge in [-0.15, -0.1) is 0 Å². The maximum Gasteiger partial charge on any atom is 0.200 e. The topological polar surface area (TPSA) is 52.1 Å². The SMILES string of the molecule is COc1ccc(OC)c(-n2c(Cc3ccc(Cl)cc3)n[nH]c2=S)c1. The summed E-state index contributed by atoms with van der Waals surface area (Å²) in [5.41, 5.74) is 1.86. The molecule has 24 heavy (non-hydrogen) atoms. The summed E-state index contributed by atoms with van der Waals surface area (Å²) in [5, 5.41) is 7.91. The molecule has 0 saturated carbocycles. The lowest BCUT2D eigenvalue weighted by molar-refractivity contribution is 0.401. The first-order valence-corrected chi connectivity index (χ1v) is 8.04. The zero-order chi connectivity index (χ0) is 17.1. The van der Waals surface area contributed by atoms with Crippen molar-refractivity contribution in [3.63, 3.8) is 0 Å². The van der Waals surface area contributed by atoms with Gasteiger partial charge in [-0.05, 0) is 42.0 Å². The van der Waals surface area contributed by atoms with Crippen molar-refractivity contribution in [2.75, 3.05) is 14.2 Å². The lowest BCUT2D eigenvalue weighted by Crippen LogP contribution is -2.05. The summed E-state index contributed by atoms with van der Waals surface area (Å²) in [6, 6.07) is 13.2. The number of methoxy groups -OCH3 is 2. The predicted octanol–water partition coefficient (Wildman–Crippen LogP) is 4.19. The van der Waals surface area contributed by atoms with Gasteiger partial charge in [0.2, 0.25) is 0 Å². The van der Waals surface area contributed by atoms with Crippen LogP contribution in [0.25, 0.3) is 5.69 Å². The highest BCUT2D eigenvalue weighted by Crippen LogP contribution is 2.29. The molecule has 1 heterocycles. The number of benzene rings is 2. The average Bonchev–Trinajstić information content (AvgIpc) is 2.96. The quantitative estimate of drug-likeness (QED) is 0.692. The van der Waals surface area contributed by atoms with Crippen molar-refractivity contribution in [1.82, 2.24) is 14.8 Å². The van der Waals surface area contributed by atoms with E-state index in [1.165, 1.54) is 0 Å². The number of rotatable bonds is 5. The van der Waals surface area contributed by atoms with Crippen molar-refractivity contribution in [2.45, 2.75) is 6.42 Å². The standard InChI is InChI=1S/C17H16ClN3O2S/c1-22-13-7-8-15(23-2)14(10-13)21-16(19-20-17(21)24)9-11-3-5-12(18)6-4-11/h3-8,10H,9H2,1-2H3,(H,20,24). The maximum atomic E-state index is 5.94. The Hall–Kier alpha value is -2.31. The number of hydrogen-bond donors (Lipinski definition) is 1. The van der Waals surface area contributed by atoms with E-state index in [1.807, 2.05) is 47.0 Å². The fraction of sp³-hybridized carbons (Fsp3) is 0.176. The van der Waals surface area contributed by atoms with Crippen LogP contribution < -0.4 is 9.47 Å². The van der Waals surface area contributed by atoms with Crippen LogP contribution >= 0.6 is 23.8 Å². The molecule has 1 aromatic heterocycles. The van der Waals surface area contributed by atoms with Gasteiger partial charge in [0.1, 0.15) is 17.3 Å². The zero-order valence-corrected chi connectivity index (χ0v) is 14.8. The Kier molecular flexibility index (Phi) is 4.87. The Morgan fingerprint density at radius 3 is 2.54 bits per heavy atom. The Bertz CT molecular complexity index is 903. The summed E-state index contributed by atoms with van der Waals surface area (Å²) in [5.74, 6) is 2.17. The largest absolute Gasteiger partial charge is 0.497 e. The second-order valence-electron chi connectivity index (χ2n) is 5.12. The van der Waals surface area contributed by atoms with Gasteiger partial charge in [-0.25, -0.2) is 0 Å². The van der Waals surface area contributed by atoms with Crippen molar-refractivity contribution in [3.05, 3.63) is 63.6 Å². The lowest BCUT2D eigenvalue weighted by atomic mass is 10.1. The average molecular weight is 362 g/mol. The predicted molar refractivity (Wildman–Crippen MR) is 96.1 cm³/mol. The number of ether oxygens (including phenoxy) is 2. The summed E-state index contributed by atoms with van der Waals surface area (Å²) in [7, 11) is 3.24. The van der Waals surface area contributed by atoms with Crippen molar-refractivity contribution in [1.29, 1.82) is 0 Å². The van der Waals surface area contributed by atoms with Gasteiger partial charge in [-0.1, -0.05) is 23.7 Å². The van der Waals surface area contributed by atoms with Crippen molar-refractivity contribution >= 4 is 23.8 Å². The fourth-order valence-corrected chi connectivity index (χ4v) is 2.83. The number of H-pyrrole nitrogens is 1. The zero-order valence-electron chi connectivity index (χ0n) is 13.2. The minimum atomic E-state index is 0.491. The molecule has 0 atom stereocenters. The van der Waals surface area contributed by atoms with Crippen LogP contribution in [0.3, 0.4) is 0 Å². The first-order chi connectivity index (χ1) is 11.6. The third kappa shape index (κ3) is 3.29. The number of halogens is 1.